The molecular formula is C52H86O6. The summed E-state index contributed by atoms with van der Waals surface area (Å²) < 4.78 is 16.6. The highest BCUT2D eigenvalue weighted by Gasteiger charge is 2.19. The molecule has 0 aromatic rings. The van der Waals surface area contributed by atoms with Gasteiger partial charge in [0.2, 0.25) is 0 Å². The lowest BCUT2D eigenvalue weighted by molar-refractivity contribution is -0.166. The third-order valence-electron chi connectivity index (χ3n) is 9.65. The molecule has 6 nitrogen and oxygen atoms in total. The van der Waals surface area contributed by atoms with Crippen molar-refractivity contribution in [2.24, 2.45) is 0 Å². The second-order valence-electron chi connectivity index (χ2n) is 15.3. The number of rotatable bonds is 41. The van der Waals surface area contributed by atoms with Crippen molar-refractivity contribution < 1.29 is 28.6 Å². The average molecular weight is 807 g/mol. The van der Waals surface area contributed by atoms with Crippen molar-refractivity contribution in [3.63, 3.8) is 0 Å². The van der Waals surface area contributed by atoms with Crippen LogP contribution >= 0.6 is 0 Å². The van der Waals surface area contributed by atoms with Crippen LogP contribution < -0.4 is 0 Å². The number of hydrogen-bond acceptors (Lipinski definition) is 6. The van der Waals surface area contributed by atoms with Crippen molar-refractivity contribution >= 4 is 17.9 Å². The molecule has 1 atom stereocenters. The van der Waals surface area contributed by atoms with Crippen LogP contribution in [-0.4, -0.2) is 37.2 Å². The van der Waals surface area contributed by atoms with Crippen LogP contribution in [0, 0.1) is 0 Å². The third-order valence-corrected chi connectivity index (χ3v) is 9.65. The van der Waals surface area contributed by atoms with Crippen LogP contribution in [-0.2, 0) is 28.6 Å². The highest BCUT2D eigenvalue weighted by atomic mass is 16.6. The van der Waals surface area contributed by atoms with Crippen LogP contribution in [0.2, 0.25) is 0 Å². The van der Waals surface area contributed by atoms with Gasteiger partial charge in [0.1, 0.15) is 13.2 Å². The summed E-state index contributed by atoms with van der Waals surface area (Å²) in [5, 5.41) is 0. The zero-order valence-electron chi connectivity index (χ0n) is 37.5. The molecule has 0 rings (SSSR count). The first-order valence-corrected chi connectivity index (χ1v) is 23.6. The van der Waals surface area contributed by atoms with Gasteiger partial charge in [-0.1, -0.05) is 183 Å². The summed E-state index contributed by atoms with van der Waals surface area (Å²) in [6.07, 6.45) is 58.9. The largest absolute Gasteiger partial charge is 0.462 e. The van der Waals surface area contributed by atoms with Gasteiger partial charge < -0.3 is 14.2 Å². The van der Waals surface area contributed by atoms with Crippen molar-refractivity contribution in [2.45, 2.75) is 213 Å². The number of carbonyl (C=O) groups excluding carboxylic acids is 3. The fourth-order valence-corrected chi connectivity index (χ4v) is 6.16. The molecule has 330 valence electrons. The van der Waals surface area contributed by atoms with E-state index in [9.17, 15) is 14.4 Å². The summed E-state index contributed by atoms with van der Waals surface area (Å²) in [4.78, 5) is 37.7. The van der Waals surface area contributed by atoms with Crippen molar-refractivity contribution in [1.82, 2.24) is 0 Å². The Kier molecular flexibility index (Phi) is 43.6. The standard InChI is InChI=1S/C52H86O6/c1-4-7-10-13-16-19-21-23-25-26-27-29-30-33-36-39-42-45-51(54)57-48-49(47-56-50(53)44-41-38-35-32-18-15-12-9-6-3)58-52(55)46-43-40-37-34-31-28-24-22-20-17-14-11-8-5-2/h8-9,11-12,16-20,23,25,32,38,41,49H,4-7,10,13-15,21-22,24,26-31,33-37,39-40,42-48H2,1-3H3/b11-8-,12-9-,19-16-,20-17-,25-23-,32-18-,41-38-. The molecule has 0 fully saturated rings. The Morgan fingerprint density at radius 2 is 0.741 bits per heavy atom. The Bertz CT molecular complexity index is 1160. The maximum atomic E-state index is 12.7. The Morgan fingerprint density at radius 3 is 1.21 bits per heavy atom. The fourth-order valence-electron chi connectivity index (χ4n) is 6.16. The lowest BCUT2D eigenvalue weighted by Crippen LogP contribution is -2.30. The first-order chi connectivity index (χ1) is 28.5. The predicted molar refractivity (Wildman–Crippen MR) is 247 cm³/mol. The van der Waals surface area contributed by atoms with Crippen LogP contribution in [0.1, 0.15) is 207 Å². The molecule has 0 N–H and O–H groups in total. The molecule has 0 saturated carbocycles. The maximum Gasteiger partial charge on any atom is 0.309 e. The number of ether oxygens (including phenoxy) is 3. The van der Waals surface area contributed by atoms with Gasteiger partial charge in [-0.25, -0.2) is 0 Å². The Labute approximate surface area is 356 Å². The van der Waals surface area contributed by atoms with Gasteiger partial charge in [0.25, 0.3) is 0 Å². The molecule has 0 amide bonds. The molecule has 0 aliphatic rings. The predicted octanol–water partition coefficient (Wildman–Crippen LogP) is 15.3. The Hall–Kier alpha value is -3.41. The first-order valence-electron chi connectivity index (χ1n) is 23.6. The zero-order chi connectivity index (χ0) is 42.3. The van der Waals surface area contributed by atoms with Gasteiger partial charge in [-0.05, 0) is 89.9 Å². The summed E-state index contributed by atoms with van der Waals surface area (Å²) in [6, 6.07) is 0. The zero-order valence-corrected chi connectivity index (χ0v) is 37.5. The van der Waals surface area contributed by atoms with Gasteiger partial charge >= 0.3 is 17.9 Å². The minimum Gasteiger partial charge on any atom is -0.462 e. The summed E-state index contributed by atoms with van der Waals surface area (Å²) in [6.45, 7) is 6.26. The molecule has 58 heavy (non-hydrogen) atoms. The topological polar surface area (TPSA) is 78.9 Å². The van der Waals surface area contributed by atoms with E-state index in [1.807, 2.05) is 6.08 Å². The Balaban J connectivity index is 4.42. The van der Waals surface area contributed by atoms with E-state index in [1.54, 1.807) is 6.08 Å². The monoisotopic (exact) mass is 807 g/mol. The molecule has 0 radical (unpaired) electrons. The van der Waals surface area contributed by atoms with E-state index >= 15 is 0 Å². The van der Waals surface area contributed by atoms with Gasteiger partial charge in [0.15, 0.2) is 6.10 Å². The first kappa shape index (κ1) is 54.6. The summed E-state index contributed by atoms with van der Waals surface area (Å²) in [7, 11) is 0. The van der Waals surface area contributed by atoms with E-state index in [0.29, 0.717) is 12.8 Å². The number of hydrogen-bond donors (Lipinski definition) is 0. The molecule has 0 spiro atoms. The number of allylic oxidation sites excluding steroid dienone is 13. The second-order valence-corrected chi connectivity index (χ2v) is 15.3. The minimum atomic E-state index is -0.818. The van der Waals surface area contributed by atoms with E-state index in [0.717, 1.165) is 89.9 Å². The second kappa shape index (κ2) is 46.3. The Morgan fingerprint density at radius 1 is 0.379 bits per heavy atom. The maximum absolute atomic E-state index is 12.7. The molecule has 0 aliphatic carbocycles. The van der Waals surface area contributed by atoms with Crippen molar-refractivity contribution in [3.8, 4) is 0 Å². The minimum absolute atomic E-state index is 0.112. The van der Waals surface area contributed by atoms with Crippen molar-refractivity contribution in [3.05, 3.63) is 85.1 Å². The van der Waals surface area contributed by atoms with Crippen molar-refractivity contribution in [1.29, 1.82) is 0 Å². The molecule has 0 aliphatic heterocycles. The van der Waals surface area contributed by atoms with Gasteiger partial charge in [0.05, 0.1) is 6.42 Å². The summed E-state index contributed by atoms with van der Waals surface area (Å²) >= 11 is 0. The van der Waals surface area contributed by atoms with Gasteiger partial charge in [-0.3, -0.25) is 14.4 Å². The van der Waals surface area contributed by atoms with Crippen LogP contribution in [0.4, 0.5) is 0 Å². The van der Waals surface area contributed by atoms with Crippen LogP contribution in [0.15, 0.2) is 85.1 Å². The van der Waals surface area contributed by atoms with Crippen molar-refractivity contribution in [2.75, 3.05) is 13.2 Å². The molecule has 0 aromatic heterocycles. The van der Waals surface area contributed by atoms with Crippen LogP contribution in [0.3, 0.4) is 0 Å². The molecular weight excluding hydrogens is 721 g/mol. The lowest BCUT2D eigenvalue weighted by Gasteiger charge is -2.18. The number of carbonyl (C=O) groups is 3. The summed E-state index contributed by atoms with van der Waals surface area (Å²) in [5.74, 6) is -1.06. The smallest absolute Gasteiger partial charge is 0.309 e. The third kappa shape index (κ3) is 43.7. The van der Waals surface area contributed by atoms with E-state index in [-0.39, 0.29) is 31.6 Å². The molecule has 0 heterocycles. The van der Waals surface area contributed by atoms with E-state index in [4.69, 9.17) is 14.2 Å². The summed E-state index contributed by atoms with van der Waals surface area (Å²) in [5.41, 5.74) is 0. The molecule has 1 unspecified atom stereocenters. The highest BCUT2D eigenvalue weighted by Crippen LogP contribution is 2.13. The molecule has 0 bridgehead atoms. The number of esters is 3. The van der Waals surface area contributed by atoms with E-state index in [1.165, 1.54) is 77.0 Å². The SMILES string of the molecule is CC/C=C\C/C=C\C/C=C\CC(=O)OCC(COC(=O)CCCCCCCCC/C=C\C/C=C\CCCCC)OC(=O)CCCCCCCCC/C=C\C/C=C\CC. The molecule has 0 saturated heterocycles. The molecule has 6 heteroatoms. The quantitative estimate of drug-likeness (QED) is 0.0265. The fraction of sp³-hybridized carbons (Fsp3) is 0.673. The number of unbranched alkanes of at least 4 members (excludes halogenated alkanes) is 17. The average Bonchev–Trinajstić information content (AvgIpc) is 3.22. The highest BCUT2D eigenvalue weighted by molar-refractivity contribution is 5.72. The van der Waals surface area contributed by atoms with Gasteiger partial charge in [0, 0.05) is 12.8 Å². The molecule has 0 aromatic carbocycles. The van der Waals surface area contributed by atoms with E-state index in [2.05, 4.69) is 93.7 Å². The van der Waals surface area contributed by atoms with E-state index < -0.39 is 12.1 Å². The van der Waals surface area contributed by atoms with Gasteiger partial charge in [-0.15, -0.1) is 0 Å². The normalized spacial score (nSPS) is 12.8. The van der Waals surface area contributed by atoms with Crippen LogP contribution in [0.5, 0.6) is 0 Å². The van der Waals surface area contributed by atoms with Crippen LogP contribution in [0.25, 0.3) is 0 Å². The lowest BCUT2D eigenvalue weighted by atomic mass is 10.1. The van der Waals surface area contributed by atoms with Gasteiger partial charge in [-0.2, -0.15) is 0 Å².